The third-order valence-electron chi connectivity index (χ3n) is 8.32. The third-order valence-corrected chi connectivity index (χ3v) is 8.32. The lowest BCUT2D eigenvalue weighted by atomic mass is 9.90. The van der Waals surface area contributed by atoms with E-state index in [0.717, 1.165) is 63.1 Å². The van der Waals surface area contributed by atoms with E-state index in [4.69, 9.17) is 9.72 Å². The molecular formula is C27H30N8O3. The largest absolute Gasteiger partial charge is 0.469 e. The second kappa shape index (κ2) is 9.59. The van der Waals surface area contributed by atoms with Crippen molar-refractivity contribution in [2.75, 3.05) is 48.4 Å². The summed E-state index contributed by atoms with van der Waals surface area (Å²) in [7, 11) is 1.47. The standard InChI is InChI=1S/C27H30N8O3/c1-38-25(37)20-13-27(20)8-11-34(12-9-27)19-6-4-18(5-7-19)30-23-22-21(15-29-33-24(22)36)31-26(32-23)35-10-2-3-17(14-28)16-35/h4-7,15,17,20H,2-3,8-13,16H2,1H3,(H,33,36)(H,30,31,32). The van der Waals surface area contributed by atoms with Crippen molar-refractivity contribution in [1.29, 1.82) is 5.26 Å². The number of benzene rings is 1. The van der Waals surface area contributed by atoms with Gasteiger partial charge in [-0.25, -0.2) is 10.1 Å². The molecule has 0 bridgehead atoms. The van der Waals surface area contributed by atoms with Crippen molar-refractivity contribution < 1.29 is 9.53 Å². The van der Waals surface area contributed by atoms with Crippen LogP contribution < -0.4 is 20.7 Å². The highest BCUT2D eigenvalue weighted by molar-refractivity contribution is 5.90. The van der Waals surface area contributed by atoms with Gasteiger partial charge in [-0.2, -0.15) is 15.3 Å². The maximum atomic E-state index is 12.6. The van der Waals surface area contributed by atoms with E-state index in [9.17, 15) is 14.9 Å². The smallest absolute Gasteiger partial charge is 0.309 e. The number of carbonyl (C=O) groups excluding carboxylic acids is 1. The Kier molecular flexibility index (Phi) is 6.10. The highest BCUT2D eigenvalue weighted by atomic mass is 16.5. The van der Waals surface area contributed by atoms with Crippen molar-refractivity contribution in [3.63, 3.8) is 0 Å². The molecule has 3 fully saturated rings. The Bertz CT molecular complexity index is 1460. The van der Waals surface area contributed by atoms with Gasteiger partial charge in [0.2, 0.25) is 5.95 Å². The minimum absolute atomic E-state index is 0.0582. The number of rotatable bonds is 5. The quantitative estimate of drug-likeness (QED) is 0.488. The van der Waals surface area contributed by atoms with E-state index >= 15 is 0 Å². The molecule has 1 aliphatic carbocycles. The molecule has 2 atom stereocenters. The number of fused-ring (bicyclic) bond motifs is 1. The lowest BCUT2D eigenvalue weighted by Crippen LogP contribution is -2.36. The van der Waals surface area contributed by atoms with Gasteiger partial charge in [-0.1, -0.05) is 0 Å². The molecule has 3 aliphatic rings. The fraction of sp³-hybridized carbons (Fsp3) is 0.481. The number of anilines is 4. The number of hydrogen-bond acceptors (Lipinski definition) is 10. The molecule has 1 spiro atoms. The summed E-state index contributed by atoms with van der Waals surface area (Å²) < 4.78 is 4.95. The predicted molar refractivity (Wildman–Crippen MR) is 142 cm³/mol. The van der Waals surface area contributed by atoms with Gasteiger partial charge in [-0.05, 0) is 61.8 Å². The van der Waals surface area contributed by atoms with Crippen LogP contribution in [0.4, 0.5) is 23.1 Å². The maximum Gasteiger partial charge on any atom is 0.309 e. The summed E-state index contributed by atoms with van der Waals surface area (Å²) in [4.78, 5) is 38.2. The fourth-order valence-corrected chi connectivity index (χ4v) is 5.97. The van der Waals surface area contributed by atoms with Gasteiger partial charge in [0, 0.05) is 37.6 Å². The number of nitrogens with one attached hydrogen (secondary N) is 2. The Balaban J connectivity index is 1.20. The molecule has 2 aliphatic heterocycles. The molecule has 2 unspecified atom stereocenters. The molecule has 11 nitrogen and oxygen atoms in total. The monoisotopic (exact) mass is 514 g/mol. The van der Waals surface area contributed by atoms with E-state index < -0.39 is 0 Å². The average molecular weight is 515 g/mol. The molecule has 0 amide bonds. The van der Waals surface area contributed by atoms with Gasteiger partial charge in [-0.3, -0.25) is 9.59 Å². The fourth-order valence-electron chi connectivity index (χ4n) is 5.97. The summed E-state index contributed by atoms with van der Waals surface area (Å²) in [5.41, 5.74) is 2.12. The molecule has 1 aromatic carbocycles. The van der Waals surface area contributed by atoms with Crippen LogP contribution in [0, 0.1) is 28.6 Å². The molecule has 38 heavy (non-hydrogen) atoms. The van der Waals surface area contributed by atoms with E-state index in [-0.39, 0.29) is 28.8 Å². The number of piperidine rings is 2. The zero-order valence-electron chi connectivity index (χ0n) is 21.3. The highest BCUT2D eigenvalue weighted by Crippen LogP contribution is 2.60. The first-order valence-corrected chi connectivity index (χ1v) is 13.1. The van der Waals surface area contributed by atoms with Gasteiger partial charge in [-0.15, -0.1) is 0 Å². The van der Waals surface area contributed by atoms with Crippen LogP contribution in [0.2, 0.25) is 0 Å². The summed E-state index contributed by atoms with van der Waals surface area (Å²) in [6.07, 6.45) is 6.19. The van der Waals surface area contributed by atoms with Gasteiger partial charge >= 0.3 is 5.97 Å². The molecule has 6 rings (SSSR count). The van der Waals surface area contributed by atoms with Crippen molar-refractivity contribution in [3.8, 4) is 6.07 Å². The van der Waals surface area contributed by atoms with Gasteiger partial charge < -0.3 is 19.9 Å². The Hall–Kier alpha value is -4.20. The Morgan fingerprint density at radius 2 is 1.97 bits per heavy atom. The molecule has 2 aromatic heterocycles. The topological polar surface area (TPSA) is 140 Å². The number of hydrogen-bond donors (Lipinski definition) is 2. The van der Waals surface area contributed by atoms with E-state index in [1.165, 1.54) is 13.3 Å². The van der Waals surface area contributed by atoms with E-state index in [0.29, 0.717) is 29.2 Å². The molecule has 2 N–H and O–H groups in total. The highest BCUT2D eigenvalue weighted by Gasteiger charge is 2.59. The number of H-pyrrole nitrogens is 1. The van der Waals surface area contributed by atoms with Crippen molar-refractivity contribution >= 4 is 40.0 Å². The van der Waals surface area contributed by atoms with E-state index in [1.807, 2.05) is 17.0 Å². The number of aromatic nitrogens is 4. The molecule has 1 saturated carbocycles. The van der Waals surface area contributed by atoms with Crippen molar-refractivity contribution in [2.24, 2.45) is 17.3 Å². The first-order valence-electron chi connectivity index (χ1n) is 13.1. The van der Waals surface area contributed by atoms with Crippen LogP contribution >= 0.6 is 0 Å². The Labute approximate surface area is 219 Å². The molecule has 0 radical (unpaired) electrons. The number of methoxy groups -OCH3 is 1. The molecule has 4 heterocycles. The summed E-state index contributed by atoms with van der Waals surface area (Å²) in [6.45, 7) is 3.13. The zero-order valence-corrected chi connectivity index (χ0v) is 21.3. The summed E-state index contributed by atoms with van der Waals surface area (Å²) in [5.74, 6) is 0.803. The second-order valence-corrected chi connectivity index (χ2v) is 10.5. The van der Waals surface area contributed by atoms with E-state index in [1.54, 1.807) is 0 Å². The lowest BCUT2D eigenvalue weighted by Gasteiger charge is -2.34. The summed E-state index contributed by atoms with van der Waals surface area (Å²) >= 11 is 0. The number of carbonyl (C=O) groups is 1. The second-order valence-electron chi connectivity index (χ2n) is 10.5. The van der Waals surface area contributed by atoms with E-state index in [2.05, 4.69) is 43.6 Å². The third kappa shape index (κ3) is 4.40. The van der Waals surface area contributed by atoms with Crippen LogP contribution in [-0.2, 0) is 9.53 Å². The van der Waals surface area contributed by atoms with Crippen LogP contribution in [-0.4, -0.2) is 59.4 Å². The van der Waals surface area contributed by atoms with Crippen molar-refractivity contribution in [1.82, 2.24) is 20.2 Å². The summed E-state index contributed by atoms with van der Waals surface area (Å²) in [6, 6.07) is 10.4. The number of esters is 1. The first kappa shape index (κ1) is 24.2. The molecule has 196 valence electrons. The van der Waals surface area contributed by atoms with Crippen LogP contribution in [0.3, 0.4) is 0 Å². The zero-order chi connectivity index (χ0) is 26.3. The van der Waals surface area contributed by atoms with Gasteiger partial charge in [0.05, 0.1) is 31.2 Å². The van der Waals surface area contributed by atoms with Gasteiger partial charge in [0.1, 0.15) is 16.7 Å². The van der Waals surface area contributed by atoms with Crippen molar-refractivity contribution in [2.45, 2.75) is 32.1 Å². The normalized spacial score (nSPS) is 22.2. The van der Waals surface area contributed by atoms with Crippen molar-refractivity contribution in [3.05, 3.63) is 40.8 Å². The summed E-state index contributed by atoms with van der Waals surface area (Å²) in [5, 5.41) is 19.4. The van der Waals surface area contributed by atoms with Crippen LogP contribution in [0.1, 0.15) is 32.1 Å². The number of aromatic amines is 1. The van der Waals surface area contributed by atoms with Gasteiger partial charge in [0.25, 0.3) is 5.56 Å². The average Bonchev–Trinajstić information content (AvgIpc) is 3.66. The Morgan fingerprint density at radius 1 is 1.18 bits per heavy atom. The molecule has 11 heteroatoms. The van der Waals surface area contributed by atoms with Crippen LogP contribution in [0.5, 0.6) is 0 Å². The first-order chi connectivity index (χ1) is 18.5. The number of nitriles is 1. The number of nitrogens with zero attached hydrogens (tertiary/aromatic N) is 6. The minimum atomic E-state index is -0.366. The van der Waals surface area contributed by atoms with Crippen LogP contribution in [0.25, 0.3) is 10.9 Å². The van der Waals surface area contributed by atoms with Gasteiger partial charge in [0.15, 0.2) is 0 Å². The van der Waals surface area contributed by atoms with Crippen LogP contribution in [0.15, 0.2) is 35.3 Å². The lowest BCUT2D eigenvalue weighted by molar-refractivity contribution is -0.143. The SMILES string of the molecule is COC(=O)C1CC12CCN(c1ccc(Nc3nc(N4CCCC(C#N)C4)nc4cn[nH]c(=O)c34)cc1)CC2. The molecule has 3 aromatic rings. The Morgan fingerprint density at radius 3 is 2.71 bits per heavy atom. The molecule has 2 saturated heterocycles. The number of ether oxygens (including phenoxy) is 1. The predicted octanol–water partition coefficient (Wildman–Crippen LogP) is 2.98. The minimum Gasteiger partial charge on any atom is -0.469 e. The maximum absolute atomic E-state index is 12.6. The molecular weight excluding hydrogens is 484 g/mol.